The molecule has 3 atom stereocenters. The predicted molar refractivity (Wildman–Crippen MR) is 81.2 cm³/mol. The monoisotopic (exact) mass is 307 g/mol. The highest BCUT2D eigenvalue weighted by Gasteiger charge is 2.32. The maximum absolute atomic E-state index is 12.4. The number of aromatic nitrogens is 3. The number of hydrogen-bond donors (Lipinski definition) is 1. The molecule has 3 rings (SSSR count). The van der Waals surface area contributed by atoms with Crippen molar-refractivity contribution in [3.05, 3.63) is 12.7 Å². The Hall–Kier alpha value is -1.47. The number of nitrogens with zero attached hydrogens (tertiary/aromatic N) is 4. The molecule has 7 nitrogen and oxygen atoms in total. The van der Waals surface area contributed by atoms with Crippen molar-refractivity contribution in [3.8, 4) is 0 Å². The van der Waals surface area contributed by atoms with Gasteiger partial charge in [0.1, 0.15) is 12.7 Å². The summed E-state index contributed by atoms with van der Waals surface area (Å²) in [6.45, 7) is 5.20. The summed E-state index contributed by atoms with van der Waals surface area (Å²) in [5.41, 5.74) is 0. The molecule has 22 heavy (non-hydrogen) atoms. The Balaban J connectivity index is 1.50. The number of amides is 1. The molecule has 1 amide bonds. The third kappa shape index (κ3) is 3.64. The summed E-state index contributed by atoms with van der Waals surface area (Å²) in [5, 5.41) is 7.21. The lowest BCUT2D eigenvalue weighted by atomic mass is 10.2. The van der Waals surface area contributed by atoms with Gasteiger partial charge in [0.05, 0.1) is 18.7 Å². The van der Waals surface area contributed by atoms with Gasteiger partial charge in [-0.05, 0) is 39.2 Å². The molecule has 7 heteroatoms. The number of ether oxygens (including phenoxy) is 1. The number of hydrogen-bond acceptors (Lipinski definition) is 5. The molecule has 0 radical (unpaired) electrons. The number of rotatable bonds is 6. The molecule has 3 heterocycles. The molecule has 2 aliphatic rings. The second-order valence-electron chi connectivity index (χ2n) is 6.21. The van der Waals surface area contributed by atoms with Crippen LogP contribution in [0.4, 0.5) is 0 Å². The van der Waals surface area contributed by atoms with Gasteiger partial charge in [-0.3, -0.25) is 14.4 Å². The van der Waals surface area contributed by atoms with Crippen molar-refractivity contribution >= 4 is 5.91 Å². The second-order valence-corrected chi connectivity index (χ2v) is 6.21. The molecular weight excluding hydrogens is 282 g/mol. The van der Waals surface area contributed by atoms with Crippen LogP contribution in [0.1, 0.15) is 32.6 Å². The predicted octanol–water partition coefficient (Wildman–Crippen LogP) is 0.426. The van der Waals surface area contributed by atoms with Crippen molar-refractivity contribution in [1.29, 1.82) is 0 Å². The van der Waals surface area contributed by atoms with Gasteiger partial charge in [-0.15, -0.1) is 0 Å². The summed E-state index contributed by atoms with van der Waals surface area (Å²) in [6.07, 6.45) is 7.86. The molecule has 0 unspecified atom stereocenters. The summed E-state index contributed by atoms with van der Waals surface area (Å²) in [6, 6.07) is 0.239. The van der Waals surface area contributed by atoms with Gasteiger partial charge in [-0.25, -0.2) is 4.98 Å². The van der Waals surface area contributed by atoms with E-state index in [1.54, 1.807) is 12.7 Å². The van der Waals surface area contributed by atoms with E-state index >= 15 is 0 Å². The third-order valence-electron chi connectivity index (χ3n) is 4.69. The van der Waals surface area contributed by atoms with E-state index in [4.69, 9.17) is 4.74 Å². The minimum atomic E-state index is -0.113. The van der Waals surface area contributed by atoms with Crippen LogP contribution in [-0.4, -0.2) is 63.5 Å². The fraction of sp³-hybridized carbons (Fsp3) is 0.800. The summed E-state index contributed by atoms with van der Waals surface area (Å²) < 4.78 is 7.40. The smallest absolute Gasteiger partial charge is 0.237 e. The van der Waals surface area contributed by atoms with Crippen molar-refractivity contribution in [2.75, 3.05) is 19.7 Å². The highest BCUT2D eigenvalue weighted by Crippen LogP contribution is 2.21. The summed E-state index contributed by atoms with van der Waals surface area (Å²) in [4.78, 5) is 18.7. The molecule has 2 saturated heterocycles. The van der Waals surface area contributed by atoms with Crippen molar-refractivity contribution in [2.45, 2.75) is 57.3 Å². The van der Waals surface area contributed by atoms with E-state index in [1.165, 1.54) is 0 Å². The van der Waals surface area contributed by atoms with Gasteiger partial charge in [-0.1, -0.05) is 0 Å². The maximum Gasteiger partial charge on any atom is 0.237 e. The lowest BCUT2D eigenvalue weighted by Gasteiger charge is -2.30. The lowest BCUT2D eigenvalue weighted by Crippen LogP contribution is -2.49. The largest absolute Gasteiger partial charge is 0.376 e. The standard InChI is InChI=1S/C15H25N5O2/c1-12(15(21)17-8-14-5-3-7-22-14)20-6-2-4-13(20)9-19-11-16-10-18-19/h10-14H,2-9H2,1H3,(H,17,21)/t12-,13-,14-/m1/s1. The molecule has 1 N–H and O–H groups in total. The van der Waals surface area contributed by atoms with Crippen LogP contribution in [0.25, 0.3) is 0 Å². The molecule has 0 saturated carbocycles. The number of nitrogens with one attached hydrogen (secondary N) is 1. The van der Waals surface area contributed by atoms with Crippen LogP contribution < -0.4 is 5.32 Å². The normalized spacial score (nSPS) is 27.1. The van der Waals surface area contributed by atoms with Crippen LogP contribution in [0.15, 0.2) is 12.7 Å². The Morgan fingerprint density at radius 3 is 3.09 bits per heavy atom. The molecule has 2 aliphatic heterocycles. The fourth-order valence-electron chi connectivity index (χ4n) is 3.42. The first kappa shape index (κ1) is 15.4. The van der Waals surface area contributed by atoms with Gasteiger partial charge >= 0.3 is 0 Å². The Kier molecular flexibility index (Phi) is 5.04. The average molecular weight is 307 g/mol. The topological polar surface area (TPSA) is 72.3 Å². The molecule has 0 spiro atoms. The highest BCUT2D eigenvalue weighted by molar-refractivity contribution is 5.81. The first-order valence-corrected chi connectivity index (χ1v) is 8.21. The zero-order chi connectivity index (χ0) is 15.4. The molecule has 1 aromatic heterocycles. The number of carbonyl (C=O) groups excluding carboxylic acids is 1. The third-order valence-corrected chi connectivity index (χ3v) is 4.69. The first-order chi connectivity index (χ1) is 10.7. The van der Waals surface area contributed by atoms with Crippen molar-refractivity contribution in [3.63, 3.8) is 0 Å². The molecule has 2 fully saturated rings. The van der Waals surface area contributed by atoms with Crippen LogP contribution >= 0.6 is 0 Å². The Bertz CT molecular complexity index is 472. The Labute approximate surface area is 131 Å². The number of carbonyl (C=O) groups is 1. The van der Waals surface area contributed by atoms with Gasteiger partial charge in [0.2, 0.25) is 5.91 Å². The van der Waals surface area contributed by atoms with Crippen LogP contribution in [-0.2, 0) is 16.1 Å². The molecular formula is C15H25N5O2. The molecule has 0 aliphatic carbocycles. The quantitative estimate of drug-likeness (QED) is 0.825. The lowest BCUT2D eigenvalue weighted by molar-refractivity contribution is -0.126. The zero-order valence-corrected chi connectivity index (χ0v) is 13.1. The van der Waals surface area contributed by atoms with Crippen molar-refractivity contribution in [1.82, 2.24) is 25.0 Å². The van der Waals surface area contributed by atoms with Gasteiger partial charge in [0.25, 0.3) is 0 Å². The highest BCUT2D eigenvalue weighted by atomic mass is 16.5. The molecule has 1 aromatic rings. The van der Waals surface area contributed by atoms with E-state index in [0.29, 0.717) is 12.6 Å². The van der Waals surface area contributed by atoms with Gasteiger partial charge in [0, 0.05) is 19.2 Å². The molecule has 0 bridgehead atoms. The average Bonchev–Trinajstić information content (AvgIpc) is 3.27. The fourth-order valence-corrected chi connectivity index (χ4v) is 3.42. The van der Waals surface area contributed by atoms with Crippen LogP contribution in [0.5, 0.6) is 0 Å². The zero-order valence-electron chi connectivity index (χ0n) is 13.1. The summed E-state index contributed by atoms with van der Waals surface area (Å²) in [5.74, 6) is 0.0981. The second kappa shape index (κ2) is 7.19. The summed E-state index contributed by atoms with van der Waals surface area (Å²) in [7, 11) is 0. The first-order valence-electron chi connectivity index (χ1n) is 8.21. The van der Waals surface area contributed by atoms with Crippen LogP contribution in [0.2, 0.25) is 0 Å². The number of likely N-dealkylation sites (tertiary alicyclic amines) is 1. The van der Waals surface area contributed by atoms with Gasteiger partial charge < -0.3 is 10.1 Å². The van der Waals surface area contributed by atoms with Crippen LogP contribution in [0, 0.1) is 0 Å². The Morgan fingerprint density at radius 1 is 1.45 bits per heavy atom. The van der Waals surface area contributed by atoms with E-state index in [2.05, 4.69) is 20.3 Å². The van der Waals surface area contributed by atoms with Gasteiger partial charge in [0.15, 0.2) is 0 Å². The van der Waals surface area contributed by atoms with E-state index < -0.39 is 0 Å². The molecule has 0 aromatic carbocycles. The summed E-state index contributed by atoms with van der Waals surface area (Å²) >= 11 is 0. The van der Waals surface area contributed by atoms with Crippen molar-refractivity contribution < 1.29 is 9.53 Å². The van der Waals surface area contributed by atoms with E-state index in [1.807, 2.05) is 11.6 Å². The SMILES string of the molecule is C[C@H](C(=O)NC[C@H]1CCCO1)N1CCC[C@@H]1Cn1cncn1. The molecule has 122 valence electrons. The Morgan fingerprint density at radius 2 is 2.36 bits per heavy atom. The van der Waals surface area contributed by atoms with E-state index in [9.17, 15) is 4.79 Å². The minimum Gasteiger partial charge on any atom is -0.376 e. The van der Waals surface area contributed by atoms with E-state index in [0.717, 1.165) is 45.4 Å². The van der Waals surface area contributed by atoms with Crippen LogP contribution in [0.3, 0.4) is 0 Å². The van der Waals surface area contributed by atoms with Crippen molar-refractivity contribution in [2.24, 2.45) is 0 Å². The maximum atomic E-state index is 12.4. The van der Waals surface area contributed by atoms with Gasteiger partial charge in [-0.2, -0.15) is 5.10 Å². The van der Waals surface area contributed by atoms with E-state index in [-0.39, 0.29) is 18.1 Å². The minimum absolute atomic E-state index is 0.0981.